The molecule has 5 nitrogen and oxygen atoms in total. The molecule has 0 bridgehead atoms. The van der Waals surface area contributed by atoms with Crippen LogP contribution in [0.15, 0.2) is 5.29 Å². The maximum absolute atomic E-state index is 11.9. The average molecular weight is 394 g/mol. The molecular weight excluding hydrogens is 373 g/mol. The van der Waals surface area contributed by atoms with Gasteiger partial charge in [0.15, 0.2) is 0 Å². The third kappa shape index (κ3) is 4.72. The Morgan fingerprint density at radius 2 is 1.56 bits per heavy atom. The summed E-state index contributed by atoms with van der Waals surface area (Å²) in [7, 11) is 0. The van der Waals surface area contributed by atoms with Crippen molar-refractivity contribution < 1.29 is 30.6 Å². The van der Waals surface area contributed by atoms with E-state index in [0.29, 0.717) is 13.1 Å². The molecule has 0 spiro atoms. The van der Waals surface area contributed by atoms with Crippen LogP contribution in [0.4, 0.5) is 4.79 Å². The van der Waals surface area contributed by atoms with Gasteiger partial charge in [0.2, 0.25) is 0 Å². The van der Waals surface area contributed by atoms with Crippen LogP contribution in [-0.2, 0) is 25.8 Å². The molecule has 2 amide bonds. The predicted octanol–water partition coefficient (Wildman–Crippen LogP) is 2.62. The van der Waals surface area contributed by atoms with Crippen LogP contribution in [-0.4, -0.2) is 35.1 Å². The monoisotopic (exact) mass is 395 g/mol. The first kappa shape index (κ1) is 18.1. The molecule has 0 aliphatic rings. The van der Waals surface area contributed by atoms with Crippen LogP contribution >= 0.6 is 0 Å². The predicted molar refractivity (Wildman–Crippen MR) is 60.3 cm³/mol. The maximum atomic E-state index is 11.9. The van der Waals surface area contributed by atoms with Crippen molar-refractivity contribution in [1.29, 1.82) is 0 Å². The van der Waals surface area contributed by atoms with E-state index in [2.05, 4.69) is 5.29 Å². The van der Waals surface area contributed by atoms with Crippen molar-refractivity contribution in [1.82, 2.24) is 9.91 Å². The third-order valence-electron chi connectivity index (χ3n) is 2.61. The zero-order valence-electron chi connectivity index (χ0n) is 10.6. The van der Waals surface area contributed by atoms with Crippen LogP contribution in [0.25, 0.3) is 0 Å². The van der Waals surface area contributed by atoms with E-state index in [0.717, 1.165) is 17.9 Å². The number of hydrogen-bond donors (Lipinski definition) is 0. The van der Waals surface area contributed by atoms with Gasteiger partial charge in [0, 0.05) is 38.9 Å². The van der Waals surface area contributed by atoms with Crippen LogP contribution in [0, 0.1) is 4.91 Å². The number of hydrogen-bond acceptors (Lipinski definition) is 3. The molecule has 0 unspecified atom stereocenters. The molecule has 0 aromatic carbocycles. The fourth-order valence-corrected chi connectivity index (χ4v) is 1.53. The van der Waals surface area contributed by atoms with E-state index < -0.39 is 0 Å². The molecule has 0 aliphatic carbocycles. The van der Waals surface area contributed by atoms with E-state index in [9.17, 15) is 9.70 Å². The van der Waals surface area contributed by atoms with E-state index in [4.69, 9.17) is 0 Å². The minimum absolute atomic E-state index is 0. The molecule has 0 N–H and O–H groups in total. The Balaban J connectivity index is 0. The fourth-order valence-electron chi connectivity index (χ4n) is 1.53. The molecule has 0 fully saturated rings. The summed E-state index contributed by atoms with van der Waals surface area (Å²) in [5, 5.41) is 3.90. The van der Waals surface area contributed by atoms with Crippen LogP contribution in [0.1, 0.15) is 40.5 Å². The van der Waals surface area contributed by atoms with Crippen molar-refractivity contribution in [3.8, 4) is 0 Å². The van der Waals surface area contributed by atoms with E-state index in [-0.39, 0.29) is 37.9 Å². The van der Waals surface area contributed by atoms with Gasteiger partial charge in [-0.1, -0.05) is 13.8 Å². The summed E-state index contributed by atoms with van der Waals surface area (Å²) in [5.74, 6) is 0. The summed E-state index contributed by atoms with van der Waals surface area (Å²) in [6.07, 6.45) is 1.49. The van der Waals surface area contributed by atoms with Crippen LogP contribution < -0.4 is 0 Å². The molecular formula is C10H21HfN3O2. The third-order valence-corrected chi connectivity index (χ3v) is 2.61. The average Bonchev–Trinajstić information content (AvgIpc) is 2.27. The standard InChI is InChI=1S/C10H21N3O2.Hf/c1-5-9(6-2)13(11-15)10(14)12(7-3)8-4;/h9H,5-8H2,1-4H3;. The molecule has 0 aliphatic heterocycles. The number of urea groups is 1. The molecule has 0 aromatic heterocycles. The summed E-state index contributed by atoms with van der Waals surface area (Å²) in [6, 6.07) is -0.376. The molecule has 0 saturated carbocycles. The van der Waals surface area contributed by atoms with Crippen molar-refractivity contribution in [3.05, 3.63) is 4.91 Å². The largest absolute Gasteiger partial charge is 0.343 e. The topological polar surface area (TPSA) is 53.0 Å². The Labute approximate surface area is 116 Å². The summed E-state index contributed by atoms with van der Waals surface area (Å²) in [5.41, 5.74) is 0. The Hall–Kier alpha value is -0.260. The second-order valence-electron chi connectivity index (χ2n) is 3.35. The molecule has 0 aromatic rings. The molecule has 16 heavy (non-hydrogen) atoms. The number of carbonyl (C=O) groups is 1. The van der Waals surface area contributed by atoms with Gasteiger partial charge >= 0.3 is 6.03 Å². The minimum Gasteiger partial charge on any atom is -0.324 e. The first-order chi connectivity index (χ1) is 7.15. The molecule has 0 radical (unpaired) electrons. The Kier molecular flexibility index (Phi) is 11.2. The SMILES string of the molecule is CCC(CC)N(N=O)C(=O)N(CC)CC.[Hf]. The maximum Gasteiger partial charge on any atom is 0.343 e. The summed E-state index contributed by atoms with van der Waals surface area (Å²) >= 11 is 0. The number of amides is 2. The van der Waals surface area contributed by atoms with Gasteiger partial charge < -0.3 is 4.90 Å². The Bertz CT molecular complexity index is 206. The zero-order valence-corrected chi connectivity index (χ0v) is 14.2. The normalized spacial score (nSPS) is 9.56. The van der Waals surface area contributed by atoms with E-state index in [1.165, 1.54) is 0 Å². The first-order valence-electron chi connectivity index (χ1n) is 5.57. The van der Waals surface area contributed by atoms with Gasteiger partial charge in [-0.3, -0.25) is 0 Å². The minimum atomic E-state index is -0.288. The summed E-state index contributed by atoms with van der Waals surface area (Å²) in [6.45, 7) is 8.86. The number of carbonyl (C=O) groups excluding carboxylic acids is 1. The fraction of sp³-hybridized carbons (Fsp3) is 0.900. The quantitative estimate of drug-likeness (QED) is 0.396. The number of nitrogens with zero attached hydrogens (tertiary/aromatic N) is 3. The van der Waals surface area contributed by atoms with Gasteiger partial charge in [-0.05, 0) is 26.7 Å². The second kappa shape index (κ2) is 9.93. The Morgan fingerprint density at radius 1 is 1.12 bits per heavy atom. The first-order valence-corrected chi connectivity index (χ1v) is 5.57. The van der Waals surface area contributed by atoms with Crippen molar-refractivity contribution in [2.75, 3.05) is 13.1 Å². The van der Waals surface area contributed by atoms with Gasteiger partial charge in [0.25, 0.3) is 0 Å². The van der Waals surface area contributed by atoms with E-state index >= 15 is 0 Å². The van der Waals surface area contributed by atoms with E-state index in [1.807, 2.05) is 27.7 Å². The summed E-state index contributed by atoms with van der Waals surface area (Å²) in [4.78, 5) is 24.1. The van der Waals surface area contributed by atoms with Gasteiger partial charge in [0.1, 0.15) is 0 Å². The molecule has 92 valence electrons. The van der Waals surface area contributed by atoms with Crippen molar-refractivity contribution in [3.63, 3.8) is 0 Å². The smallest absolute Gasteiger partial charge is 0.324 e. The molecule has 0 rings (SSSR count). The molecule has 0 heterocycles. The van der Waals surface area contributed by atoms with Gasteiger partial charge in [0.05, 0.1) is 11.3 Å². The van der Waals surface area contributed by atoms with Gasteiger partial charge in [-0.25, -0.2) is 4.79 Å². The van der Waals surface area contributed by atoms with Crippen LogP contribution in [0.2, 0.25) is 0 Å². The zero-order chi connectivity index (χ0) is 11.8. The Morgan fingerprint density at radius 3 is 1.81 bits per heavy atom. The molecule has 0 saturated heterocycles. The van der Waals surface area contributed by atoms with Crippen molar-refractivity contribution >= 4 is 6.03 Å². The van der Waals surface area contributed by atoms with Crippen molar-refractivity contribution in [2.45, 2.75) is 46.6 Å². The van der Waals surface area contributed by atoms with Crippen molar-refractivity contribution in [2.24, 2.45) is 5.29 Å². The van der Waals surface area contributed by atoms with E-state index in [1.54, 1.807) is 4.90 Å². The van der Waals surface area contributed by atoms with Gasteiger partial charge in [-0.15, -0.1) is 4.91 Å². The molecule has 0 atom stereocenters. The second-order valence-corrected chi connectivity index (χ2v) is 3.35. The van der Waals surface area contributed by atoms with Gasteiger partial charge in [-0.2, -0.15) is 5.01 Å². The van der Waals surface area contributed by atoms with Crippen LogP contribution in [0.3, 0.4) is 0 Å². The molecule has 6 heteroatoms. The van der Waals surface area contributed by atoms with Crippen LogP contribution in [0.5, 0.6) is 0 Å². The number of rotatable bonds is 6. The summed E-state index contributed by atoms with van der Waals surface area (Å²) < 4.78 is 0. The number of nitroso groups, excluding NO2 is 1.